The quantitative estimate of drug-likeness (QED) is 0.802. The van der Waals surface area contributed by atoms with Gasteiger partial charge in [-0.2, -0.15) is 5.06 Å². The van der Waals surface area contributed by atoms with Gasteiger partial charge in [-0.1, -0.05) is 18.2 Å². The third-order valence-electron chi connectivity index (χ3n) is 4.83. The van der Waals surface area contributed by atoms with Gasteiger partial charge in [-0.3, -0.25) is 9.63 Å². The van der Waals surface area contributed by atoms with E-state index in [-0.39, 0.29) is 24.1 Å². The molecule has 1 aromatic carbocycles. The Morgan fingerprint density at radius 1 is 1.27 bits per heavy atom. The summed E-state index contributed by atoms with van der Waals surface area (Å²) in [6.07, 6.45) is 0.377. The molecule has 2 bridgehead atoms. The first-order valence-corrected chi connectivity index (χ1v) is 7.73. The van der Waals surface area contributed by atoms with Crippen molar-refractivity contribution in [2.24, 2.45) is 0 Å². The highest BCUT2D eigenvalue weighted by atomic mass is 16.7. The fourth-order valence-electron chi connectivity index (χ4n) is 3.80. The molecule has 5 atom stereocenters. The van der Waals surface area contributed by atoms with E-state index in [1.54, 1.807) is 4.90 Å². The van der Waals surface area contributed by atoms with E-state index in [9.17, 15) is 9.90 Å². The summed E-state index contributed by atoms with van der Waals surface area (Å²) in [4.78, 5) is 19.9. The van der Waals surface area contributed by atoms with Crippen LogP contribution in [-0.2, 0) is 9.63 Å². The number of β-lactam (4-membered cyclic amide) rings is 1. The van der Waals surface area contributed by atoms with Gasteiger partial charge in [-0.05, 0) is 18.6 Å². The lowest BCUT2D eigenvalue weighted by Gasteiger charge is -2.50. The fraction of sp³-hybridized carbons (Fsp3) is 0.562. The molecule has 3 aliphatic heterocycles. The first-order valence-electron chi connectivity index (χ1n) is 7.73. The summed E-state index contributed by atoms with van der Waals surface area (Å²) in [7, 11) is 1.89. The molecular formula is C16H20N2O4. The van der Waals surface area contributed by atoms with Crippen molar-refractivity contribution >= 4 is 5.91 Å². The van der Waals surface area contributed by atoms with E-state index in [0.29, 0.717) is 18.7 Å². The number of likely N-dealkylation sites (N-methyl/N-ethyl adjacent to an activating group) is 1. The minimum absolute atomic E-state index is 0.0280. The monoisotopic (exact) mass is 304 g/mol. The number of benzene rings is 1. The second-order valence-corrected chi connectivity index (χ2v) is 6.30. The third-order valence-corrected chi connectivity index (χ3v) is 4.83. The first kappa shape index (κ1) is 14.0. The SMILES string of the molecule is CN1O[C@H]2C[C@H](O)CN3C(=O)[C@H](Oc4ccccc4)[C@@H]3[C@@H]1C2. The Morgan fingerprint density at radius 3 is 2.82 bits per heavy atom. The summed E-state index contributed by atoms with van der Waals surface area (Å²) < 4.78 is 5.91. The van der Waals surface area contributed by atoms with E-state index in [2.05, 4.69) is 0 Å². The number of hydrogen-bond acceptors (Lipinski definition) is 5. The van der Waals surface area contributed by atoms with Crippen LogP contribution in [0.15, 0.2) is 30.3 Å². The number of para-hydroxylation sites is 1. The molecule has 1 amide bonds. The number of aliphatic hydroxyl groups excluding tert-OH is 1. The molecule has 22 heavy (non-hydrogen) atoms. The predicted octanol–water partition coefficient (Wildman–Crippen LogP) is 0.414. The second-order valence-electron chi connectivity index (χ2n) is 6.30. The Labute approximate surface area is 129 Å². The van der Waals surface area contributed by atoms with Gasteiger partial charge in [0.2, 0.25) is 0 Å². The first-order chi connectivity index (χ1) is 10.6. The number of amides is 1. The van der Waals surface area contributed by atoms with Crippen LogP contribution in [0.3, 0.4) is 0 Å². The van der Waals surface area contributed by atoms with Gasteiger partial charge in [0.1, 0.15) is 5.75 Å². The Balaban J connectivity index is 1.58. The van der Waals surface area contributed by atoms with E-state index in [1.807, 2.05) is 42.4 Å². The van der Waals surface area contributed by atoms with Crippen LogP contribution in [0.2, 0.25) is 0 Å². The van der Waals surface area contributed by atoms with Crippen LogP contribution >= 0.6 is 0 Å². The Bertz CT molecular complexity index is 567. The van der Waals surface area contributed by atoms with E-state index in [0.717, 1.165) is 6.42 Å². The highest BCUT2D eigenvalue weighted by Gasteiger charge is 2.57. The molecule has 118 valence electrons. The van der Waals surface area contributed by atoms with Crippen LogP contribution in [0.5, 0.6) is 5.75 Å². The van der Waals surface area contributed by atoms with Crippen LogP contribution in [0.25, 0.3) is 0 Å². The van der Waals surface area contributed by atoms with Gasteiger partial charge in [0, 0.05) is 20.0 Å². The molecule has 3 saturated heterocycles. The Hall–Kier alpha value is -1.63. The minimum Gasteiger partial charge on any atom is -0.478 e. The normalized spacial score (nSPS) is 38.0. The molecule has 3 aliphatic rings. The van der Waals surface area contributed by atoms with Crippen LogP contribution in [0, 0.1) is 0 Å². The highest BCUT2D eigenvalue weighted by molar-refractivity contribution is 5.89. The largest absolute Gasteiger partial charge is 0.478 e. The van der Waals surface area contributed by atoms with E-state index in [1.165, 1.54) is 0 Å². The molecule has 0 saturated carbocycles. The number of carbonyl (C=O) groups is 1. The zero-order chi connectivity index (χ0) is 15.3. The van der Waals surface area contributed by atoms with Crippen molar-refractivity contribution in [3.8, 4) is 5.75 Å². The Kier molecular flexibility index (Phi) is 3.32. The molecule has 6 nitrogen and oxygen atoms in total. The summed E-state index contributed by atoms with van der Waals surface area (Å²) >= 11 is 0. The van der Waals surface area contributed by atoms with Gasteiger partial charge in [0.25, 0.3) is 5.91 Å². The average Bonchev–Trinajstić information content (AvgIpc) is 2.86. The molecule has 1 aromatic rings. The molecule has 0 radical (unpaired) electrons. The number of fused-ring (bicyclic) bond motifs is 4. The maximum absolute atomic E-state index is 12.4. The number of aliphatic hydroxyl groups is 1. The zero-order valence-corrected chi connectivity index (χ0v) is 12.5. The highest BCUT2D eigenvalue weighted by Crippen LogP contribution is 2.38. The molecule has 4 rings (SSSR count). The van der Waals surface area contributed by atoms with Crippen molar-refractivity contribution in [3.05, 3.63) is 30.3 Å². The van der Waals surface area contributed by atoms with Crippen molar-refractivity contribution in [2.45, 2.75) is 43.2 Å². The number of carbonyl (C=O) groups excluding carboxylic acids is 1. The molecule has 0 spiro atoms. The summed E-state index contributed by atoms with van der Waals surface area (Å²) in [5, 5.41) is 11.9. The number of hydrogen-bond donors (Lipinski definition) is 1. The van der Waals surface area contributed by atoms with E-state index < -0.39 is 12.2 Å². The summed E-state index contributed by atoms with van der Waals surface area (Å²) in [6.45, 7) is 0.363. The van der Waals surface area contributed by atoms with Gasteiger partial charge in [0.05, 0.1) is 24.3 Å². The number of rotatable bonds is 2. The van der Waals surface area contributed by atoms with Crippen LogP contribution in [0.1, 0.15) is 12.8 Å². The average molecular weight is 304 g/mol. The van der Waals surface area contributed by atoms with Crippen molar-refractivity contribution in [1.82, 2.24) is 9.96 Å². The Morgan fingerprint density at radius 2 is 2.05 bits per heavy atom. The maximum atomic E-state index is 12.4. The van der Waals surface area contributed by atoms with Gasteiger partial charge in [0.15, 0.2) is 6.10 Å². The molecular weight excluding hydrogens is 284 g/mol. The molecule has 3 fully saturated rings. The van der Waals surface area contributed by atoms with Crippen molar-refractivity contribution in [3.63, 3.8) is 0 Å². The molecule has 6 heteroatoms. The van der Waals surface area contributed by atoms with E-state index >= 15 is 0 Å². The van der Waals surface area contributed by atoms with Crippen molar-refractivity contribution < 1.29 is 19.5 Å². The van der Waals surface area contributed by atoms with Crippen molar-refractivity contribution in [2.75, 3.05) is 13.6 Å². The second kappa shape index (κ2) is 5.22. The molecule has 3 heterocycles. The smallest absolute Gasteiger partial charge is 0.266 e. The lowest BCUT2D eigenvalue weighted by Crippen LogP contribution is -2.73. The molecule has 0 aromatic heterocycles. The maximum Gasteiger partial charge on any atom is 0.266 e. The predicted molar refractivity (Wildman–Crippen MR) is 78.0 cm³/mol. The zero-order valence-electron chi connectivity index (χ0n) is 12.5. The summed E-state index contributed by atoms with van der Waals surface area (Å²) in [5.41, 5.74) is 0. The van der Waals surface area contributed by atoms with Gasteiger partial charge in [-0.25, -0.2) is 0 Å². The van der Waals surface area contributed by atoms with Gasteiger partial charge >= 0.3 is 0 Å². The molecule has 0 unspecified atom stereocenters. The van der Waals surface area contributed by atoms with E-state index in [4.69, 9.17) is 9.57 Å². The topological polar surface area (TPSA) is 62.2 Å². The van der Waals surface area contributed by atoms with Crippen LogP contribution in [-0.4, -0.2) is 65.0 Å². The van der Waals surface area contributed by atoms with Gasteiger partial charge < -0.3 is 14.7 Å². The summed E-state index contributed by atoms with van der Waals surface area (Å²) in [5.74, 6) is 0.646. The third kappa shape index (κ3) is 2.18. The lowest BCUT2D eigenvalue weighted by molar-refractivity contribution is -0.184. The number of ether oxygens (including phenoxy) is 1. The standard InChI is InChI=1S/C16H20N2O4/c1-17-13-8-12(22-17)7-10(19)9-18-14(13)15(16(18)20)21-11-5-3-2-4-6-11/h2-6,10,12-15,19H,7-9H2,1H3/t10-,12-,13-,14-,15+/m0/s1. The van der Waals surface area contributed by atoms with Crippen molar-refractivity contribution in [1.29, 1.82) is 0 Å². The van der Waals surface area contributed by atoms with Crippen LogP contribution in [0.4, 0.5) is 0 Å². The lowest BCUT2D eigenvalue weighted by atomic mass is 9.84. The number of hydroxylamine groups is 2. The summed E-state index contributed by atoms with van der Waals surface area (Å²) in [6, 6.07) is 9.44. The molecule has 0 aliphatic carbocycles. The van der Waals surface area contributed by atoms with Crippen LogP contribution < -0.4 is 4.74 Å². The minimum atomic E-state index is -0.540. The number of nitrogens with zero attached hydrogens (tertiary/aromatic N) is 2. The van der Waals surface area contributed by atoms with Gasteiger partial charge in [-0.15, -0.1) is 0 Å². The molecule has 1 N–H and O–H groups in total. The fourth-order valence-corrected chi connectivity index (χ4v) is 3.80.